The zero-order chi connectivity index (χ0) is 20.6. The highest BCUT2D eigenvalue weighted by Gasteiger charge is 2.51. The Bertz CT molecular complexity index is 967. The molecule has 0 radical (unpaired) electrons. The van der Waals surface area contributed by atoms with Crippen molar-refractivity contribution in [3.05, 3.63) is 84.4 Å². The topological polar surface area (TPSA) is 21.7 Å². The predicted octanol–water partition coefficient (Wildman–Crippen LogP) is 5.76. The summed E-state index contributed by atoms with van der Waals surface area (Å²) in [6.45, 7) is 10.4. The van der Waals surface area contributed by atoms with Crippen molar-refractivity contribution in [2.45, 2.75) is 45.8 Å². The van der Waals surface area contributed by atoms with Crippen LogP contribution in [0.15, 0.2) is 78.9 Å². The fourth-order valence-corrected chi connectivity index (χ4v) is 3.55. The van der Waals surface area contributed by atoms with E-state index in [4.69, 9.17) is 9.31 Å². The van der Waals surface area contributed by atoms with E-state index in [1.54, 1.807) is 0 Å². The molecule has 4 heteroatoms. The van der Waals surface area contributed by atoms with E-state index >= 15 is 0 Å². The molecule has 1 aliphatic rings. The molecule has 0 atom stereocenters. The minimum atomic E-state index is -0.349. The van der Waals surface area contributed by atoms with Crippen LogP contribution in [0.25, 0.3) is 0 Å². The number of rotatable bonds is 4. The largest absolute Gasteiger partial charge is 0.494 e. The van der Waals surface area contributed by atoms with Gasteiger partial charge in [0.05, 0.1) is 11.2 Å². The average molecular weight is 385 g/mol. The predicted molar refractivity (Wildman–Crippen MR) is 122 cm³/mol. The maximum absolute atomic E-state index is 6.20. The number of para-hydroxylation sites is 1. The number of aryl methyl sites for hydroxylation is 1. The zero-order valence-electron chi connectivity index (χ0n) is 17.8. The van der Waals surface area contributed by atoms with Crippen molar-refractivity contribution in [1.29, 1.82) is 0 Å². The van der Waals surface area contributed by atoms with E-state index in [1.165, 1.54) is 5.56 Å². The average Bonchev–Trinajstić information content (AvgIpc) is 2.91. The van der Waals surface area contributed by atoms with Gasteiger partial charge in [-0.2, -0.15) is 0 Å². The SMILES string of the molecule is Cc1cccc(N(c2ccccc2)c2ccc(B3OC(C)(C)C(C)(C)O3)cc2)c1. The third-order valence-corrected chi connectivity index (χ3v) is 5.95. The van der Waals surface area contributed by atoms with Gasteiger partial charge in [0.1, 0.15) is 0 Å². The normalized spacial score (nSPS) is 17.3. The third-order valence-electron chi connectivity index (χ3n) is 5.95. The van der Waals surface area contributed by atoms with Crippen molar-refractivity contribution in [3.63, 3.8) is 0 Å². The van der Waals surface area contributed by atoms with Crippen LogP contribution in [0.1, 0.15) is 33.3 Å². The lowest BCUT2D eigenvalue weighted by Crippen LogP contribution is -2.41. The van der Waals surface area contributed by atoms with Gasteiger partial charge in [0, 0.05) is 17.1 Å². The van der Waals surface area contributed by atoms with Crippen LogP contribution >= 0.6 is 0 Å². The second-order valence-corrected chi connectivity index (χ2v) is 8.69. The van der Waals surface area contributed by atoms with E-state index in [2.05, 4.69) is 112 Å². The van der Waals surface area contributed by atoms with E-state index in [1.807, 2.05) is 6.07 Å². The van der Waals surface area contributed by atoms with Crippen LogP contribution in [0.5, 0.6) is 0 Å². The minimum Gasteiger partial charge on any atom is -0.399 e. The van der Waals surface area contributed by atoms with Crippen molar-refractivity contribution in [2.24, 2.45) is 0 Å². The van der Waals surface area contributed by atoms with E-state index < -0.39 is 0 Å². The smallest absolute Gasteiger partial charge is 0.399 e. The maximum atomic E-state index is 6.20. The fourth-order valence-electron chi connectivity index (χ4n) is 3.55. The molecule has 1 heterocycles. The lowest BCUT2D eigenvalue weighted by Gasteiger charge is -2.32. The van der Waals surface area contributed by atoms with E-state index in [9.17, 15) is 0 Å². The van der Waals surface area contributed by atoms with Gasteiger partial charge in [-0.25, -0.2) is 0 Å². The Labute approximate surface area is 174 Å². The molecule has 148 valence electrons. The Kier molecular flexibility index (Phi) is 5.01. The summed E-state index contributed by atoms with van der Waals surface area (Å²) in [7, 11) is -0.349. The Morgan fingerprint density at radius 3 is 1.79 bits per heavy atom. The summed E-state index contributed by atoms with van der Waals surface area (Å²) >= 11 is 0. The first kappa shape index (κ1) is 19.7. The molecular weight excluding hydrogens is 357 g/mol. The Hall–Kier alpha value is -2.56. The van der Waals surface area contributed by atoms with Gasteiger partial charge in [-0.05, 0) is 82.0 Å². The highest BCUT2D eigenvalue weighted by Crippen LogP contribution is 2.37. The molecule has 0 aliphatic carbocycles. The van der Waals surface area contributed by atoms with Gasteiger partial charge >= 0.3 is 7.12 Å². The van der Waals surface area contributed by atoms with Crippen LogP contribution in [0.3, 0.4) is 0 Å². The number of hydrogen-bond acceptors (Lipinski definition) is 3. The molecule has 0 spiro atoms. The summed E-state index contributed by atoms with van der Waals surface area (Å²) < 4.78 is 12.4. The molecule has 0 amide bonds. The van der Waals surface area contributed by atoms with Crippen LogP contribution in [0, 0.1) is 6.92 Å². The number of nitrogens with zero attached hydrogens (tertiary/aromatic N) is 1. The molecule has 0 unspecified atom stereocenters. The summed E-state index contributed by atoms with van der Waals surface area (Å²) in [6.07, 6.45) is 0. The summed E-state index contributed by atoms with van der Waals surface area (Å²) in [4.78, 5) is 2.26. The molecule has 3 aromatic carbocycles. The molecule has 1 aliphatic heterocycles. The van der Waals surface area contributed by atoms with Gasteiger partial charge in [0.15, 0.2) is 0 Å². The number of hydrogen-bond donors (Lipinski definition) is 0. The molecule has 1 fully saturated rings. The molecule has 0 bridgehead atoms. The highest BCUT2D eigenvalue weighted by molar-refractivity contribution is 6.62. The maximum Gasteiger partial charge on any atom is 0.494 e. The minimum absolute atomic E-state index is 0.339. The van der Waals surface area contributed by atoms with Crippen molar-refractivity contribution >= 4 is 29.6 Å². The molecular formula is C25H28BNO2. The van der Waals surface area contributed by atoms with Gasteiger partial charge in [-0.15, -0.1) is 0 Å². The summed E-state index contributed by atoms with van der Waals surface area (Å²) in [6, 6.07) is 27.5. The Morgan fingerprint density at radius 1 is 0.655 bits per heavy atom. The highest BCUT2D eigenvalue weighted by atomic mass is 16.7. The van der Waals surface area contributed by atoms with Crippen LogP contribution in [-0.2, 0) is 9.31 Å². The van der Waals surface area contributed by atoms with E-state index in [0.29, 0.717) is 0 Å². The second-order valence-electron chi connectivity index (χ2n) is 8.69. The molecule has 3 aromatic rings. The Balaban J connectivity index is 1.68. The fraction of sp³-hybridized carbons (Fsp3) is 0.280. The monoisotopic (exact) mass is 385 g/mol. The van der Waals surface area contributed by atoms with E-state index in [0.717, 1.165) is 22.5 Å². The quantitative estimate of drug-likeness (QED) is 0.533. The molecule has 3 nitrogen and oxygen atoms in total. The van der Waals surface area contributed by atoms with Crippen molar-refractivity contribution in [3.8, 4) is 0 Å². The van der Waals surface area contributed by atoms with Crippen molar-refractivity contribution in [2.75, 3.05) is 4.90 Å². The lowest BCUT2D eigenvalue weighted by atomic mass is 9.79. The molecule has 0 aromatic heterocycles. The van der Waals surface area contributed by atoms with E-state index in [-0.39, 0.29) is 18.3 Å². The number of anilines is 3. The first-order chi connectivity index (χ1) is 13.8. The molecule has 1 saturated heterocycles. The molecule has 0 N–H and O–H groups in total. The number of benzene rings is 3. The third kappa shape index (κ3) is 3.83. The molecule has 4 rings (SSSR count). The lowest BCUT2D eigenvalue weighted by molar-refractivity contribution is 0.00578. The summed E-state index contributed by atoms with van der Waals surface area (Å²) in [5, 5.41) is 0. The van der Waals surface area contributed by atoms with Crippen LogP contribution in [0.2, 0.25) is 0 Å². The van der Waals surface area contributed by atoms with Crippen molar-refractivity contribution in [1.82, 2.24) is 0 Å². The van der Waals surface area contributed by atoms with Crippen molar-refractivity contribution < 1.29 is 9.31 Å². The first-order valence-corrected chi connectivity index (χ1v) is 10.1. The standard InChI is InChI=1S/C25H28BNO2/c1-19-10-9-13-23(18-19)27(21-11-7-6-8-12-21)22-16-14-20(15-17-22)26-28-24(2,3)25(4,5)29-26/h6-18H,1-5H3. The van der Waals surface area contributed by atoms with Gasteiger partial charge in [0.2, 0.25) is 0 Å². The first-order valence-electron chi connectivity index (χ1n) is 10.1. The zero-order valence-corrected chi connectivity index (χ0v) is 17.8. The van der Waals surface area contributed by atoms with Crippen LogP contribution in [0.4, 0.5) is 17.1 Å². The summed E-state index contributed by atoms with van der Waals surface area (Å²) in [5.41, 5.74) is 4.95. The van der Waals surface area contributed by atoms with Crippen LogP contribution < -0.4 is 10.4 Å². The van der Waals surface area contributed by atoms with Gasteiger partial charge in [-0.3, -0.25) is 0 Å². The summed E-state index contributed by atoms with van der Waals surface area (Å²) in [5.74, 6) is 0. The second kappa shape index (κ2) is 7.36. The molecule has 29 heavy (non-hydrogen) atoms. The van der Waals surface area contributed by atoms with Gasteiger partial charge in [0.25, 0.3) is 0 Å². The van der Waals surface area contributed by atoms with Gasteiger partial charge in [-0.1, -0.05) is 42.5 Å². The van der Waals surface area contributed by atoms with Crippen LogP contribution in [-0.4, -0.2) is 18.3 Å². The van der Waals surface area contributed by atoms with Gasteiger partial charge < -0.3 is 14.2 Å². The Morgan fingerprint density at radius 2 is 1.21 bits per heavy atom. The molecule has 0 saturated carbocycles.